The fourth-order valence-corrected chi connectivity index (χ4v) is 2.26. The summed E-state index contributed by atoms with van der Waals surface area (Å²) in [5.41, 5.74) is 1.79. The molecule has 0 fully saturated rings. The van der Waals surface area contributed by atoms with E-state index < -0.39 is 5.97 Å². The van der Waals surface area contributed by atoms with Crippen LogP contribution in [0, 0.1) is 5.92 Å². The molecule has 1 rings (SSSR count). The Morgan fingerprint density at radius 2 is 2.15 bits per heavy atom. The normalized spacial score (nSPS) is 12.6. The van der Waals surface area contributed by atoms with Gasteiger partial charge in [0.1, 0.15) is 0 Å². The second kappa shape index (κ2) is 7.95. The molecule has 0 saturated carbocycles. The number of carbonyl (C=O) groups is 1. The van der Waals surface area contributed by atoms with Crippen molar-refractivity contribution in [3.05, 3.63) is 34.9 Å². The Kier molecular flexibility index (Phi) is 6.59. The van der Waals surface area contributed by atoms with Crippen LogP contribution < -0.4 is 4.90 Å². The summed E-state index contributed by atoms with van der Waals surface area (Å²) in [6, 6.07) is 5.64. The number of hydrogen-bond acceptors (Lipinski definition) is 2. The van der Waals surface area contributed by atoms with Crippen molar-refractivity contribution >= 4 is 29.3 Å². The molecule has 0 bridgehead atoms. The van der Waals surface area contributed by atoms with Crippen LogP contribution in [0.3, 0.4) is 0 Å². The topological polar surface area (TPSA) is 40.5 Å². The number of aliphatic carboxylic acids is 1. The first-order valence-electron chi connectivity index (χ1n) is 6.93. The average molecular weight is 296 g/mol. The Balaban J connectivity index is 2.93. The highest BCUT2D eigenvalue weighted by Gasteiger charge is 2.11. The molecule has 0 aliphatic carbocycles. The number of halogens is 1. The van der Waals surface area contributed by atoms with E-state index >= 15 is 0 Å². The highest BCUT2D eigenvalue weighted by atomic mass is 35.5. The van der Waals surface area contributed by atoms with E-state index in [2.05, 4.69) is 25.7 Å². The Labute approximate surface area is 125 Å². The monoisotopic (exact) mass is 295 g/mol. The average Bonchev–Trinajstić information content (AvgIpc) is 2.42. The second-order valence-corrected chi connectivity index (χ2v) is 5.34. The third kappa shape index (κ3) is 4.89. The van der Waals surface area contributed by atoms with Gasteiger partial charge in [0.05, 0.1) is 10.7 Å². The number of benzene rings is 1. The lowest BCUT2D eigenvalue weighted by molar-refractivity contribution is -0.131. The van der Waals surface area contributed by atoms with E-state index in [0.29, 0.717) is 10.9 Å². The summed E-state index contributed by atoms with van der Waals surface area (Å²) in [4.78, 5) is 12.8. The summed E-state index contributed by atoms with van der Waals surface area (Å²) < 4.78 is 0. The molecule has 0 aliphatic rings. The van der Waals surface area contributed by atoms with E-state index in [1.165, 1.54) is 0 Å². The van der Waals surface area contributed by atoms with Gasteiger partial charge in [-0.3, -0.25) is 0 Å². The lowest BCUT2D eigenvalue weighted by atomic mass is 10.1. The van der Waals surface area contributed by atoms with Gasteiger partial charge in [0.25, 0.3) is 0 Å². The smallest absolute Gasteiger partial charge is 0.328 e. The summed E-state index contributed by atoms with van der Waals surface area (Å²) in [6.07, 6.45) is 3.79. The van der Waals surface area contributed by atoms with Crippen LogP contribution in [-0.2, 0) is 4.79 Å². The maximum absolute atomic E-state index is 10.5. The minimum atomic E-state index is -0.961. The number of anilines is 1. The molecule has 0 amide bonds. The molecule has 0 spiro atoms. The van der Waals surface area contributed by atoms with Crippen molar-refractivity contribution in [2.75, 3.05) is 18.0 Å². The van der Waals surface area contributed by atoms with Gasteiger partial charge < -0.3 is 10.0 Å². The molecular weight excluding hydrogens is 274 g/mol. The molecule has 0 saturated heterocycles. The Morgan fingerprint density at radius 3 is 2.65 bits per heavy atom. The summed E-state index contributed by atoms with van der Waals surface area (Å²) in [5, 5.41) is 9.28. The van der Waals surface area contributed by atoms with E-state index in [4.69, 9.17) is 16.7 Å². The van der Waals surface area contributed by atoms with E-state index in [0.717, 1.165) is 36.8 Å². The molecule has 0 aromatic heterocycles. The highest BCUT2D eigenvalue weighted by Crippen LogP contribution is 2.28. The first-order valence-corrected chi connectivity index (χ1v) is 7.31. The van der Waals surface area contributed by atoms with Gasteiger partial charge in [-0.05, 0) is 36.6 Å². The van der Waals surface area contributed by atoms with Gasteiger partial charge in [0.15, 0.2) is 0 Å². The molecule has 4 heteroatoms. The molecule has 0 radical (unpaired) electrons. The summed E-state index contributed by atoms with van der Waals surface area (Å²) in [6.45, 7) is 8.38. The first-order chi connectivity index (χ1) is 9.47. The molecule has 0 aliphatic heterocycles. The van der Waals surface area contributed by atoms with Gasteiger partial charge in [0, 0.05) is 19.2 Å². The number of nitrogens with zero attached hydrogens (tertiary/aromatic N) is 1. The number of rotatable bonds is 7. The van der Waals surface area contributed by atoms with Crippen LogP contribution in [0.2, 0.25) is 5.02 Å². The zero-order chi connectivity index (χ0) is 15.1. The minimum Gasteiger partial charge on any atom is -0.478 e. The number of hydrogen-bond donors (Lipinski definition) is 1. The van der Waals surface area contributed by atoms with Gasteiger partial charge >= 0.3 is 5.97 Å². The lowest BCUT2D eigenvalue weighted by Gasteiger charge is -2.27. The molecular formula is C16H22ClNO2. The van der Waals surface area contributed by atoms with Gasteiger partial charge in [-0.1, -0.05) is 37.9 Å². The fourth-order valence-electron chi connectivity index (χ4n) is 1.95. The molecule has 1 N–H and O–H groups in total. The highest BCUT2D eigenvalue weighted by molar-refractivity contribution is 6.33. The molecule has 1 aromatic rings. The van der Waals surface area contributed by atoms with Gasteiger partial charge in [-0.15, -0.1) is 0 Å². The van der Waals surface area contributed by atoms with Crippen LogP contribution >= 0.6 is 11.6 Å². The SMILES string of the molecule is CCC(C)CN(CC)c1ccc(/C=C/C(=O)O)cc1Cl. The maximum Gasteiger partial charge on any atom is 0.328 e. The van der Waals surface area contributed by atoms with Gasteiger partial charge in [-0.2, -0.15) is 0 Å². The molecule has 0 heterocycles. The predicted octanol–water partition coefficient (Wildman–Crippen LogP) is 4.31. The Hall–Kier alpha value is -1.48. The van der Waals surface area contributed by atoms with Crippen LogP contribution in [0.4, 0.5) is 5.69 Å². The fraction of sp³-hybridized carbons (Fsp3) is 0.438. The molecule has 1 unspecified atom stereocenters. The molecule has 1 atom stereocenters. The van der Waals surface area contributed by atoms with Crippen LogP contribution in [0.25, 0.3) is 6.08 Å². The maximum atomic E-state index is 10.5. The standard InChI is InChI=1S/C16H22ClNO2/c1-4-12(3)11-18(5-2)15-8-6-13(10-14(15)17)7-9-16(19)20/h6-10,12H,4-5,11H2,1-3H3,(H,19,20)/b9-7+. The summed E-state index contributed by atoms with van der Waals surface area (Å²) in [5.74, 6) is -0.352. The third-order valence-electron chi connectivity index (χ3n) is 3.34. The summed E-state index contributed by atoms with van der Waals surface area (Å²) >= 11 is 6.32. The second-order valence-electron chi connectivity index (χ2n) is 4.93. The predicted molar refractivity (Wildman–Crippen MR) is 85.5 cm³/mol. The van der Waals surface area contributed by atoms with Gasteiger partial charge in [-0.25, -0.2) is 4.79 Å². The molecule has 20 heavy (non-hydrogen) atoms. The quantitative estimate of drug-likeness (QED) is 0.762. The molecule has 3 nitrogen and oxygen atoms in total. The van der Waals surface area contributed by atoms with Crippen LogP contribution in [0.15, 0.2) is 24.3 Å². The van der Waals surface area contributed by atoms with Crippen molar-refractivity contribution in [3.8, 4) is 0 Å². The zero-order valence-corrected chi connectivity index (χ0v) is 13.0. The van der Waals surface area contributed by atoms with Crippen molar-refractivity contribution < 1.29 is 9.90 Å². The largest absolute Gasteiger partial charge is 0.478 e. The van der Waals surface area contributed by atoms with Crippen LogP contribution in [-0.4, -0.2) is 24.2 Å². The van der Waals surface area contributed by atoms with E-state index in [9.17, 15) is 4.79 Å². The van der Waals surface area contributed by atoms with Crippen molar-refractivity contribution in [2.24, 2.45) is 5.92 Å². The number of carboxylic acids is 1. The van der Waals surface area contributed by atoms with Crippen molar-refractivity contribution in [1.82, 2.24) is 0 Å². The van der Waals surface area contributed by atoms with Crippen molar-refractivity contribution in [3.63, 3.8) is 0 Å². The minimum absolute atomic E-state index is 0.609. The van der Waals surface area contributed by atoms with Crippen LogP contribution in [0.5, 0.6) is 0 Å². The van der Waals surface area contributed by atoms with E-state index in [-0.39, 0.29) is 0 Å². The van der Waals surface area contributed by atoms with Gasteiger partial charge in [0.2, 0.25) is 0 Å². The summed E-state index contributed by atoms with van der Waals surface area (Å²) in [7, 11) is 0. The van der Waals surface area contributed by atoms with Crippen molar-refractivity contribution in [1.29, 1.82) is 0 Å². The molecule has 110 valence electrons. The number of carboxylic acid groups (broad SMARTS) is 1. The van der Waals surface area contributed by atoms with E-state index in [1.807, 2.05) is 12.1 Å². The van der Waals surface area contributed by atoms with E-state index in [1.54, 1.807) is 12.1 Å². The van der Waals surface area contributed by atoms with Crippen molar-refractivity contribution in [2.45, 2.75) is 27.2 Å². The Bertz CT molecular complexity index is 485. The lowest BCUT2D eigenvalue weighted by Crippen LogP contribution is -2.28. The van der Waals surface area contributed by atoms with Crippen LogP contribution in [0.1, 0.15) is 32.8 Å². The zero-order valence-electron chi connectivity index (χ0n) is 12.3. The first kappa shape index (κ1) is 16.6. The third-order valence-corrected chi connectivity index (χ3v) is 3.64. The molecule has 1 aromatic carbocycles. The Morgan fingerprint density at radius 1 is 1.45 bits per heavy atom.